The summed E-state index contributed by atoms with van der Waals surface area (Å²) in [5.74, 6) is -0.269. The van der Waals surface area contributed by atoms with Crippen LogP contribution >= 0.6 is 0 Å². The van der Waals surface area contributed by atoms with Gasteiger partial charge in [0, 0.05) is 12.7 Å². The number of carbonyl (C=O) groups is 2. The quantitative estimate of drug-likeness (QED) is 0.732. The summed E-state index contributed by atoms with van der Waals surface area (Å²) in [5, 5.41) is 2.98. The highest BCUT2D eigenvalue weighted by Crippen LogP contribution is 2.24. The summed E-state index contributed by atoms with van der Waals surface area (Å²) < 4.78 is 0. The van der Waals surface area contributed by atoms with Gasteiger partial charge in [0.05, 0.1) is 6.54 Å². The topological polar surface area (TPSA) is 52.7 Å². The molecule has 2 aromatic rings. The van der Waals surface area contributed by atoms with Crippen molar-refractivity contribution in [3.05, 3.63) is 64.7 Å². The molecule has 0 aliphatic carbocycles. The Balaban J connectivity index is 2.16. The van der Waals surface area contributed by atoms with Crippen LogP contribution in [0.2, 0.25) is 0 Å². The molecule has 2 amide bonds. The number of carbonyl (C=O) groups excluding carboxylic acids is 2. The molecule has 0 saturated heterocycles. The molecule has 1 N–H and O–H groups in total. The molecule has 0 aromatic heterocycles. The summed E-state index contributed by atoms with van der Waals surface area (Å²) in [5.41, 5.74) is 4.98. The molecule has 0 fully saturated rings. The van der Waals surface area contributed by atoms with Gasteiger partial charge in [-0.05, 0) is 50.6 Å². The molecule has 2 aromatic carbocycles. The van der Waals surface area contributed by atoms with E-state index in [1.54, 1.807) is 7.05 Å². The minimum absolute atomic E-state index is 0.0101. The molecule has 2 rings (SSSR count). The molecule has 5 nitrogen and oxygen atoms in total. The Morgan fingerprint density at radius 1 is 0.966 bits per heavy atom. The average Bonchev–Trinajstić information content (AvgIpc) is 2.68. The predicted molar refractivity (Wildman–Crippen MR) is 119 cm³/mol. The Hall–Kier alpha value is -2.66. The van der Waals surface area contributed by atoms with Crippen LogP contribution in [0, 0.1) is 20.8 Å². The largest absolute Gasteiger partial charge is 0.335 e. The summed E-state index contributed by atoms with van der Waals surface area (Å²) in [6.07, 6.45) is 0. The fraction of sp³-hybridized carbons (Fsp3) is 0.417. The molecule has 0 heterocycles. The van der Waals surface area contributed by atoms with E-state index in [1.807, 2.05) is 77.1 Å². The average molecular weight is 396 g/mol. The van der Waals surface area contributed by atoms with E-state index in [0.29, 0.717) is 0 Å². The number of rotatable bonds is 8. The number of amides is 2. The second kappa shape index (κ2) is 10.2. The highest BCUT2D eigenvalue weighted by molar-refractivity contribution is 5.96. The van der Waals surface area contributed by atoms with Gasteiger partial charge in [0.15, 0.2) is 0 Å². The van der Waals surface area contributed by atoms with E-state index in [4.69, 9.17) is 0 Å². The van der Waals surface area contributed by atoms with E-state index < -0.39 is 6.04 Å². The third kappa shape index (κ3) is 5.67. The van der Waals surface area contributed by atoms with Crippen LogP contribution in [-0.4, -0.2) is 48.3 Å². The predicted octanol–water partition coefficient (Wildman–Crippen LogP) is 4.09. The maximum atomic E-state index is 13.3. The maximum absolute atomic E-state index is 13.3. The van der Waals surface area contributed by atoms with Crippen molar-refractivity contribution in [2.24, 2.45) is 0 Å². The Kier molecular flexibility index (Phi) is 7.97. The van der Waals surface area contributed by atoms with Crippen LogP contribution in [0.5, 0.6) is 0 Å². The van der Waals surface area contributed by atoms with Crippen molar-refractivity contribution in [2.75, 3.05) is 32.0 Å². The number of nitrogens with one attached hydrogen (secondary N) is 1. The summed E-state index contributed by atoms with van der Waals surface area (Å²) in [4.78, 5) is 29.6. The van der Waals surface area contributed by atoms with Gasteiger partial charge in [-0.25, -0.2) is 0 Å². The lowest BCUT2D eigenvalue weighted by Gasteiger charge is -2.32. The van der Waals surface area contributed by atoms with Crippen LogP contribution < -0.4 is 5.32 Å². The number of aryl methyl sites for hydroxylation is 3. The molecule has 0 saturated carbocycles. The van der Waals surface area contributed by atoms with Crippen molar-refractivity contribution in [3.8, 4) is 0 Å². The second-order valence-electron chi connectivity index (χ2n) is 7.55. The van der Waals surface area contributed by atoms with E-state index in [0.717, 1.165) is 41.0 Å². The lowest BCUT2D eigenvalue weighted by molar-refractivity contribution is -0.138. The van der Waals surface area contributed by atoms with E-state index in [2.05, 4.69) is 10.2 Å². The van der Waals surface area contributed by atoms with Gasteiger partial charge >= 0.3 is 0 Å². The van der Waals surface area contributed by atoms with Gasteiger partial charge in [-0.2, -0.15) is 0 Å². The number of benzene rings is 2. The second-order valence-corrected chi connectivity index (χ2v) is 7.55. The number of anilines is 1. The molecular weight excluding hydrogens is 362 g/mol. The summed E-state index contributed by atoms with van der Waals surface area (Å²) in [6, 6.07) is 13.4. The SMILES string of the molecule is CCN(CC)C(C(=O)N(C)CC(=O)Nc1c(C)cc(C)cc1C)c1ccccc1. The van der Waals surface area contributed by atoms with Gasteiger partial charge in [0.1, 0.15) is 6.04 Å². The van der Waals surface area contributed by atoms with Gasteiger partial charge in [0.25, 0.3) is 0 Å². The van der Waals surface area contributed by atoms with Gasteiger partial charge in [-0.3, -0.25) is 14.5 Å². The monoisotopic (exact) mass is 395 g/mol. The molecule has 0 bridgehead atoms. The number of likely N-dealkylation sites (N-methyl/N-ethyl adjacent to an activating group) is 2. The number of hydrogen-bond donors (Lipinski definition) is 1. The van der Waals surface area contributed by atoms with Gasteiger partial charge in [-0.1, -0.05) is 61.9 Å². The van der Waals surface area contributed by atoms with Crippen molar-refractivity contribution < 1.29 is 9.59 Å². The van der Waals surface area contributed by atoms with Crippen LogP contribution in [0.1, 0.15) is 42.1 Å². The number of nitrogens with zero attached hydrogens (tertiary/aromatic N) is 2. The van der Waals surface area contributed by atoms with E-state index in [1.165, 1.54) is 4.90 Å². The van der Waals surface area contributed by atoms with Crippen LogP contribution in [0.25, 0.3) is 0 Å². The first-order valence-corrected chi connectivity index (χ1v) is 10.2. The van der Waals surface area contributed by atoms with Gasteiger partial charge < -0.3 is 10.2 Å². The molecule has 29 heavy (non-hydrogen) atoms. The molecule has 1 unspecified atom stereocenters. The Morgan fingerprint density at radius 3 is 2.03 bits per heavy atom. The van der Waals surface area contributed by atoms with E-state index >= 15 is 0 Å². The van der Waals surface area contributed by atoms with E-state index in [-0.39, 0.29) is 18.4 Å². The molecular formula is C24H33N3O2. The minimum atomic E-state index is -0.396. The normalized spacial score (nSPS) is 12.0. The van der Waals surface area contributed by atoms with Crippen molar-refractivity contribution in [2.45, 2.75) is 40.7 Å². The zero-order chi connectivity index (χ0) is 21.6. The maximum Gasteiger partial charge on any atom is 0.244 e. The molecule has 0 radical (unpaired) electrons. The third-order valence-corrected chi connectivity index (χ3v) is 5.23. The van der Waals surface area contributed by atoms with Gasteiger partial charge in [0.2, 0.25) is 11.8 Å². The molecule has 1 atom stereocenters. The minimum Gasteiger partial charge on any atom is -0.335 e. The molecule has 0 spiro atoms. The smallest absolute Gasteiger partial charge is 0.244 e. The highest BCUT2D eigenvalue weighted by atomic mass is 16.2. The summed E-state index contributed by atoms with van der Waals surface area (Å²) in [6.45, 7) is 11.6. The Bertz CT molecular complexity index is 821. The molecule has 0 aliphatic rings. The zero-order valence-corrected chi connectivity index (χ0v) is 18.5. The van der Waals surface area contributed by atoms with Crippen molar-refractivity contribution in [1.82, 2.24) is 9.80 Å². The lowest BCUT2D eigenvalue weighted by Crippen LogP contribution is -2.44. The van der Waals surface area contributed by atoms with Crippen LogP contribution in [0.4, 0.5) is 5.69 Å². The summed E-state index contributed by atoms with van der Waals surface area (Å²) in [7, 11) is 1.69. The highest BCUT2D eigenvalue weighted by Gasteiger charge is 2.29. The molecule has 5 heteroatoms. The first kappa shape index (κ1) is 22.6. The van der Waals surface area contributed by atoms with Crippen molar-refractivity contribution >= 4 is 17.5 Å². The van der Waals surface area contributed by atoms with Crippen molar-refractivity contribution in [1.29, 1.82) is 0 Å². The fourth-order valence-electron chi connectivity index (χ4n) is 3.79. The summed E-state index contributed by atoms with van der Waals surface area (Å²) >= 11 is 0. The molecule has 0 aliphatic heterocycles. The van der Waals surface area contributed by atoms with Crippen molar-refractivity contribution in [3.63, 3.8) is 0 Å². The zero-order valence-electron chi connectivity index (χ0n) is 18.5. The van der Waals surface area contributed by atoms with Gasteiger partial charge in [-0.15, -0.1) is 0 Å². The van der Waals surface area contributed by atoms with Crippen LogP contribution in [0.15, 0.2) is 42.5 Å². The molecule has 156 valence electrons. The first-order valence-electron chi connectivity index (χ1n) is 10.2. The van der Waals surface area contributed by atoms with E-state index in [9.17, 15) is 9.59 Å². The Morgan fingerprint density at radius 2 is 1.52 bits per heavy atom. The lowest BCUT2D eigenvalue weighted by atomic mass is 10.0. The number of hydrogen-bond acceptors (Lipinski definition) is 3. The van der Waals surface area contributed by atoms with Crippen LogP contribution in [0.3, 0.4) is 0 Å². The fourth-order valence-corrected chi connectivity index (χ4v) is 3.79. The standard InChI is InChI=1S/C24H33N3O2/c1-7-27(8-2)23(20-12-10-9-11-13-20)24(29)26(6)16-21(28)25-22-18(4)14-17(3)15-19(22)5/h9-15,23H,7-8,16H2,1-6H3,(H,25,28). The third-order valence-electron chi connectivity index (χ3n) is 5.23. The first-order chi connectivity index (χ1) is 13.8. The van der Waals surface area contributed by atoms with Crippen LogP contribution in [-0.2, 0) is 9.59 Å². The Labute approximate surface area is 174 Å².